The van der Waals surface area contributed by atoms with E-state index in [9.17, 15) is 17.6 Å². The van der Waals surface area contributed by atoms with Crippen molar-refractivity contribution in [3.63, 3.8) is 0 Å². The lowest BCUT2D eigenvalue weighted by Gasteiger charge is -2.28. The SMILES string of the molecule is FCCOc1ccc([P+](Cc2cc(F)c(F)c(F)c2)(c2ccccc2)c2ccccc2)cc1. The molecule has 0 radical (unpaired) electrons. The van der Waals surface area contributed by atoms with Gasteiger partial charge in [0.15, 0.2) is 17.5 Å². The van der Waals surface area contributed by atoms with Gasteiger partial charge < -0.3 is 4.74 Å². The molecule has 0 heterocycles. The zero-order chi connectivity index (χ0) is 23.3. The Morgan fingerprint density at radius 2 is 1.12 bits per heavy atom. The molecule has 0 saturated carbocycles. The van der Waals surface area contributed by atoms with Gasteiger partial charge in [0.25, 0.3) is 0 Å². The highest BCUT2D eigenvalue weighted by molar-refractivity contribution is 7.95. The molecule has 1 nitrogen and oxygen atoms in total. The maximum Gasteiger partial charge on any atom is 0.194 e. The van der Waals surface area contributed by atoms with E-state index in [-0.39, 0.29) is 6.61 Å². The summed E-state index contributed by atoms with van der Waals surface area (Å²) in [5, 5.41) is 2.98. The van der Waals surface area contributed by atoms with Crippen LogP contribution in [-0.2, 0) is 6.16 Å². The van der Waals surface area contributed by atoms with Gasteiger partial charge in [0, 0.05) is 0 Å². The molecule has 0 unspecified atom stereocenters. The molecule has 0 fully saturated rings. The predicted molar refractivity (Wildman–Crippen MR) is 127 cm³/mol. The van der Waals surface area contributed by atoms with E-state index in [2.05, 4.69) is 0 Å². The first-order valence-corrected chi connectivity index (χ1v) is 12.4. The minimum Gasteiger partial charge on any atom is -0.491 e. The lowest BCUT2D eigenvalue weighted by molar-refractivity contribution is 0.273. The van der Waals surface area contributed by atoms with Gasteiger partial charge in [-0.2, -0.15) is 0 Å². The van der Waals surface area contributed by atoms with Gasteiger partial charge in [-0.05, 0) is 66.2 Å². The van der Waals surface area contributed by atoms with E-state index < -0.39 is 31.4 Å². The van der Waals surface area contributed by atoms with Crippen molar-refractivity contribution in [3.8, 4) is 5.75 Å². The molecule has 168 valence electrons. The summed E-state index contributed by atoms with van der Waals surface area (Å²) in [5.41, 5.74) is 0.366. The van der Waals surface area contributed by atoms with Crippen LogP contribution in [0.2, 0.25) is 0 Å². The molecule has 33 heavy (non-hydrogen) atoms. The number of rotatable bonds is 8. The molecular formula is C27H22F4OP+. The van der Waals surface area contributed by atoms with Crippen LogP contribution >= 0.6 is 7.26 Å². The summed E-state index contributed by atoms with van der Waals surface area (Å²) in [5.74, 6) is -3.36. The molecule has 0 N–H and O–H groups in total. The van der Waals surface area contributed by atoms with Crippen LogP contribution in [-0.4, -0.2) is 13.3 Å². The molecule has 0 saturated heterocycles. The van der Waals surface area contributed by atoms with E-state index in [1.165, 1.54) is 0 Å². The van der Waals surface area contributed by atoms with Gasteiger partial charge in [0.05, 0.1) is 6.16 Å². The zero-order valence-corrected chi connectivity index (χ0v) is 18.6. The summed E-state index contributed by atoms with van der Waals surface area (Å²) < 4.78 is 59.9. The molecule has 0 aliphatic carbocycles. The van der Waals surface area contributed by atoms with Crippen LogP contribution in [0.25, 0.3) is 0 Å². The zero-order valence-electron chi connectivity index (χ0n) is 17.7. The van der Waals surface area contributed by atoms with E-state index in [1.807, 2.05) is 72.8 Å². The first-order valence-electron chi connectivity index (χ1n) is 10.5. The average molecular weight is 469 g/mol. The molecule has 0 spiro atoms. The summed E-state index contributed by atoms with van der Waals surface area (Å²) >= 11 is 0. The third kappa shape index (κ3) is 4.79. The number of halogens is 4. The van der Waals surface area contributed by atoms with Crippen LogP contribution in [0.5, 0.6) is 5.75 Å². The first kappa shape index (κ1) is 23.0. The third-order valence-electron chi connectivity index (χ3n) is 5.48. The fourth-order valence-electron chi connectivity index (χ4n) is 4.01. The van der Waals surface area contributed by atoms with Crippen LogP contribution in [0.15, 0.2) is 97.1 Å². The van der Waals surface area contributed by atoms with Gasteiger partial charge in [-0.3, -0.25) is 0 Å². The Hall–Kier alpha value is -3.17. The topological polar surface area (TPSA) is 9.23 Å². The van der Waals surface area contributed by atoms with Gasteiger partial charge >= 0.3 is 0 Å². The smallest absolute Gasteiger partial charge is 0.194 e. The Labute approximate surface area is 191 Å². The predicted octanol–water partition coefficient (Wildman–Crippen LogP) is 5.95. The van der Waals surface area contributed by atoms with Crippen molar-refractivity contribution in [2.24, 2.45) is 0 Å². The second-order valence-electron chi connectivity index (χ2n) is 7.54. The maximum atomic E-state index is 14.1. The Morgan fingerprint density at radius 1 is 0.636 bits per heavy atom. The molecule has 0 aromatic heterocycles. The van der Waals surface area contributed by atoms with Gasteiger partial charge in [-0.15, -0.1) is 0 Å². The molecule has 0 aliphatic heterocycles. The van der Waals surface area contributed by atoms with Crippen molar-refractivity contribution >= 4 is 23.2 Å². The minimum atomic E-state index is -2.46. The molecule has 4 aromatic rings. The minimum absolute atomic E-state index is 0.0366. The second-order valence-corrected chi connectivity index (χ2v) is 11.0. The maximum absolute atomic E-state index is 14.1. The molecule has 0 bridgehead atoms. The first-order chi connectivity index (χ1) is 16.0. The standard InChI is InChI=1S/C27H22F4OP/c28-15-16-32-21-11-13-24(14-12-21)33(22-7-3-1-4-8-22,23-9-5-2-6-10-23)19-20-17-25(29)27(31)26(30)18-20/h1-14,17-18H,15-16,19H2/q+1. The molecule has 4 aromatic carbocycles. The van der Waals surface area contributed by atoms with E-state index in [4.69, 9.17) is 4.74 Å². The Balaban J connectivity index is 1.93. The van der Waals surface area contributed by atoms with Gasteiger partial charge in [0.2, 0.25) is 0 Å². The molecular weight excluding hydrogens is 447 g/mol. The van der Waals surface area contributed by atoms with Gasteiger partial charge in [-0.1, -0.05) is 36.4 Å². The van der Waals surface area contributed by atoms with Gasteiger partial charge in [0.1, 0.15) is 42.2 Å². The van der Waals surface area contributed by atoms with E-state index in [1.54, 1.807) is 12.1 Å². The second kappa shape index (κ2) is 10.2. The number of hydrogen-bond donors (Lipinski definition) is 0. The Kier molecular flexibility index (Phi) is 7.10. The van der Waals surface area contributed by atoms with Crippen molar-refractivity contribution in [3.05, 3.63) is 120 Å². The molecule has 0 atom stereocenters. The Morgan fingerprint density at radius 3 is 1.61 bits per heavy atom. The van der Waals surface area contributed by atoms with Crippen LogP contribution < -0.4 is 20.7 Å². The fraction of sp³-hybridized carbons (Fsp3) is 0.111. The summed E-state index contributed by atoms with van der Waals surface area (Å²) in [6.45, 7) is -0.625. The molecule has 0 aliphatic rings. The van der Waals surface area contributed by atoms with Crippen molar-refractivity contribution in [2.75, 3.05) is 13.3 Å². The molecule has 6 heteroatoms. The van der Waals surface area contributed by atoms with Crippen molar-refractivity contribution < 1.29 is 22.3 Å². The summed E-state index contributed by atoms with van der Waals surface area (Å²) in [6, 6.07) is 29.1. The summed E-state index contributed by atoms with van der Waals surface area (Å²) in [7, 11) is -2.46. The highest BCUT2D eigenvalue weighted by Crippen LogP contribution is 2.58. The Bertz CT molecular complexity index is 1140. The average Bonchev–Trinajstić information content (AvgIpc) is 2.86. The monoisotopic (exact) mass is 469 g/mol. The quantitative estimate of drug-likeness (QED) is 0.176. The normalized spacial score (nSPS) is 11.4. The van der Waals surface area contributed by atoms with Crippen molar-refractivity contribution in [1.82, 2.24) is 0 Å². The number of hydrogen-bond acceptors (Lipinski definition) is 1. The number of ether oxygens (including phenoxy) is 1. The summed E-state index contributed by atoms with van der Waals surface area (Å²) in [6.07, 6.45) is 0.291. The van der Waals surface area contributed by atoms with Crippen molar-refractivity contribution in [1.29, 1.82) is 0 Å². The largest absolute Gasteiger partial charge is 0.491 e. The third-order valence-corrected chi connectivity index (χ3v) is 9.86. The number of alkyl halides is 1. The van der Waals surface area contributed by atoms with Crippen LogP contribution in [0.4, 0.5) is 17.6 Å². The highest BCUT2D eigenvalue weighted by atomic mass is 31.2. The lowest BCUT2D eigenvalue weighted by atomic mass is 10.2. The van der Waals surface area contributed by atoms with Crippen molar-refractivity contribution in [2.45, 2.75) is 6.16 Å². The van der Waals surface area contributed by atoms with E-state index in [0.29, 0.717) is 17.5 Å². The van der Waals surface area contributed by atoms with Crippen LogP contribution in [0, 0.1) is 17.5 Å². The van der Waals surface area contributed by atoms with E-state index >= 15 is 0 Å². The molecule has 4 rings (SSSR count). The van der Waals surface area contributed by atoms with Crippen LogP contribution in [0.3, 0.4) is 0 Å². The van der Waals surface area contributed by atoms with Gasteiger partial charge in [-0.25, -0.2) is 17.6 Å². The van der Waals surface area contributed by atoms with E-state index in [0.717, 1.165) is 28.0 Å². The fourth-order valence-corrected chi connectivity index (χ4v) is 8.21. The van der Waals surface area contributed by atoms with Crippen LogP contribution in [0.1, 0.15) is 5.56 Å². The lowest BCUT2D eigenvalue weighted by Crippen LogP contribution is -2.32. The number of benzene rings is 4. The highest BCUT2D eigenvalue weighted by Gasteiger charge is 2.45. The summed E-state index contributed by atoms with van der Waals surface area (Å²) in [4.78, 5) is 0. The molecule has 0 amide bonds.